The average molecular weight is 274 g/mol. The summed E-state index contributed by atoms with van der Waals surface area (Å²) in [4.78, 5) is 4.58. The molecular weight excluding hydrogens is 260 g/mol. The third kappa shape index (κ3) is 2.85. The van der Waals surface area contributed by atoms with Crippen LogP contribution in [0.2, 0.25) is 0 Å². The van der Waals surface area contributed by atoms with Crippen molar-refractivity contribution in [3.05, 3.63) is 66.6 Å². The average Bonchev–Trinajstić information content (AvgIpc) is 2.99. The third-order valence-corrected chi connectivity index (χ3v) is 3.21. The largest absolute Gasteiger partial charge is 0.440 e. The molecule has 0 saturated heterocycles. The molecule has 0 aliphatic carbocycles. The Balaban J connectivity index is 2.09. The molecule has 0 spiro atoms. The number of aryl methyl sites for hydroxylation is 1. The van der Waals surface area contributed by atoms with Gasteiger partial charge in [-0.05, 0) is 0 Å². The van der Waals surface area contributed by atoms with Gasteiger partial charge in [-0.1, -0.05) is 60.7 Å². The van der Waals surface area contributed by atoms with Gasteiger partial charge in [0.1, 0.15) is 5.69 Å². The van der Waals surface area contributed by atoms with Gasteiger partial charge in [0.2, 0.25) is 0 Å². The molecule has 1 aromatic heterocycles. The quantitative estimate of drug-likeness (QED) is 0.705. The molecule has 3 rings (SSSR count). The van der Waals surface area contributed by atoms with Crippen molar-refractivity contribution in [2.75, 3.05) is 0 Å². The highest BCUT2D eigenvalue weighted by atomic mass is 16.4. The number of benzene rings is 2. The number of hydrogen-bond acceptors (Lipinski definition) is 3. The van der Waals surface area contributed by atoms with Gasteiger partial charge in [-0.3, -0.25) is 0 Å². The molecule has 3 aromatic rings. The summed E-state index contributed by atoms with van der Waals surface area (Å²) in [5, 5.41) is 8.72. The first-order valence-corrected chi connectivity index (χ1v) is 6.86. The molecular formula is C18H14N2O. The Morgan fingerprint density at radius 2 is 1.52 bits per heavy atom. The summed E-state index contributed by atoms with van der Waals surface area (Å²) >= 11 is 0. The molecule has 0 atom stereocenters. The first-order valence-electron chi connectivity index (χ1n) is 6.86. The molecule has 21 heavy (non-hydrogen) atoms. The highest BCUT2D eigenvalue weighted by molar-refractivity contribution is 5.76. The van der Waals surface area contributed by atoms with Gasteiger partial charge in [-0.25, -0.2) is 4.98 Å². The van der Waals surface area contributed by atoms with E-state index in [2.05, 4.69) is 11.1 Å². The van der Waals surface area contributed by atoms with Crippen molar-refractivity contribution >= 4 is 0 Å². The Labute approximate surface area is 123 Å². The minimum Gasteiger partial charge on any atom is -0.440 e. The van der Waals surface area contributed by atoms with E-state index in [1.165, 1.54) is 0 Å². The SMILES string of the molecule is N#CCCc1nc(-c2ccccc2)c(-c2ccccc2)o1. The smallest absolute Gasteiger partial charge is 0.196 e. The molecule has 1 heterocycles. The first-order chi connectivity index (χ1) is 10.4. The van der Waals surface area contributed by atoms with Crippen LogP contribution in [0.15, 0.2) is 65.1 Å². The van der Waals surface area contributed by atoms with E-state index in [1.807, 2.05) is 60.7 Å². The molecule has 0 bridgehead atoms. The Morgan fingerprint density at radius 3 is 2.14 bits per heavy atom. The van der Waals surface area contributed by atoms with Gasteiger partial charge in [0.25, 0.3) is 0 Å². The normalized spacial score (nSPS) is 10.2. The minimum absolute atomic E-state index is 0.406. The van der Waals surface area contributed by atoms with Crippen LogP contribution in [0.25, 0.3) is 22.6 Å². The predicted octanol–water partition coefficient (Wildman–Crippen LogP) is 4.46. The maximum atomic E-state index is 8.72. The van der Waals surface area contributed by atoms with E-state index in [9.17, 15) is 0 Å². The van der Waals surface area contributed by atoms with Crippen molar-refractivity contribution in [3.8, 4) is 28.7 Å². The van der Waals surface area contributed by atoms with Gasteiger partial charge in [-0.2, -0.15) is 5.26 Å². The minimum atomic E-state index is 0.406. The second kappa shape index (κ2) is 6.06. The van der Waals surface area contributed by atoms with Crippen molar-refractivity contribution in [1.82, 2.24) is 4.98 Å². The third-order valence-electron chi connectivity index (χ3n) is 3.21. The highest BCUT2D eigenvalue weighted by Crippen LogP contribution is 2.32. The van der Waals surface area contributed by atoms with Crippen LogP contribution in [-0.4, -0.2) is 4.98 Å². The lowest BCUT2D eigenvalue weighted by atomic mass is 10.1. The molecule has 0 aliphatic heterocycles. The lowest BCUT2D eigenvalue weighted by Crippen LogP contribution is -1.84. The van der Waals surface area contributed by atoms with Crippen LogP contribution >= 0.6 is 0 Å². The summed E-state index contributed by atoms with van der Waals surface area (Å²) in [5.41, 5.74) is 2.84. The zero-order chi connectivity index (χ0) is 14.5. The van der Waals surface area contributed by atoms with Gasteiger partial charge in [0.15, 0.2) is 11.7 Å². The molecule has 0 aliphatic rings. The molecule has 0 unspecified atom stereocenters. The predicted molar refractivity (Wildman–Crippen MR) is 81.3 cm³/mol. The number of aromatic nitrogens is 1. The second-order valence-electron chi connectivity index (χ2n) is 4.68. The first kappa shape index (κ1) is 13.1. The van der Waals surface area contributed by atoms with Crippen LogP contribution in [0.3, 0.4) is 0 Å². The van der Waals surface area contributed by atoms with Crippen molar-refractivity contribution in [3.63, 3.8) is 0 Å². The van der Waals surface area contributed by atoms with Crippen molar-refractivity contribution < 1.29 is 4.42 Å². The van der Waals surface area contributed by atoms with E-state index in [0.717, 1.165) is 22.6 Å². The monoisotopic (exact) mass is 274 g/mol. The molecule has 102 valence electrons. The van der Waals surface area contributed by atoms with Crippen LogP contribution in [0, 0.1) is 11.3 Å². The lowest BCUT2D eigenvalue weighted by molar-refractivity contribution is 0.508. The zero-order valence-electron chi connectivity index (χ0n) is 11.5. The molecule has 0 fully saturated rings. The van der Waals surface area contributed by atoms with Gasteiger partial charge in [0, 0.05) is 24.0 Å². The van der Waals surface area contributed by atoms with E-state index in [-0.39, 0.29) is 0 Å². The fraction of sp³-hybridized carbons (Fsp3) is 0.111. The zero-order valence-corrected chi connectivity index (χ0v) is 11.5. The Hall–Kier alpha value is -2.86. The second-order valence-corrected chi connectivity index (χ2v) is 4.68. The summed E-state index contributed by atoms with van der Waals surface area (Å²) in [6.07, 6.45) is 0.937. The molecule has 2 aromatic carbocycles. The standard InChI is InChI=1S/C18H14N2O/c19-13-7-12-16-20-17(14-8-3-1-4-9-14)18(21-16)15-10-5-2-6-11-15/h1-6,8-11H,7,12H2. The molecule has 3 nitrogen and oxygen atoms in total. The van der Waals surface area contributed by atoms with Crippen molar-refractivity contribution in [2.45, 2.75) is 12.8 Å². The Kier molecular flexibility index (Phi) is 3.79. The summed E-state index contributed by atoms with van der Waals surface area (Å²) < 4.78 is 5.90. The van der Waals surface area contributed by atoms with Crippen LogP contribution in [0.5, 0.6) is 0 Å². The number of nitrogens with zero attached hydrogens (tertiary/aromatic N) is 2. The molecule has 0 amide bonds. The molecule has 0 radical (unpaired) electrons. The van der Waals surface area contributed by atoms with Crippen LogP contribution in [-0.2, 0) is 6.42 Å². The summed E-state index contributed by atoms with van der Waals surface area (Å²) in [6.45, 7) is 0. The van der Waals surface area contributed by atoms with Gasteiger partial charge in [0.05, 0.1) is 6.07 Å². The maximum Gasteiger partial charge on any atom is 0.196 e. The van der Waals surface area contributed by atoms with Crippen LogP contribution in [0.4, 0.5) is 0 Å². The van der Waals surface area contributed by atoms with Crippen LogP contribution < -0.4 is 0 Å². The summed E-state index contributed by atoms with van der Waals surface area (Å²) in [6, 6.07) is 22.0. The van der Waals surface area contributed by atoms with E-state index in [0.29, 0.717) is 18.7 Å². The van der Waals surface area contributed by atoms with Gasteiger partial charge >= 0.3 is 0 Å². The number of rotatable bonds is 4. The molecule has 0 N–H and O–H groups in total. The van der Waals surface area contributed by atoms with E-state index in [1.54, 1.807) is 0 Å². The molecule has 0 saturated carbocycles. The van der Waals surface area contributed by atoms with E-state index in [4.69, 9.17) is 9.68 Å². The summed E-state index contributed by atoms with van der Waals surface area (Å²) in [7, 11) is 0. The van der Waals surface area contributed by atoms with E-state index >= 15 is 0 Å². The van der Waals surface area contributed by atoms with Crippen molar-refractivity contribution in [1.29, 1.82) is 5.26 Å². The number of nitriles is 1. The summed E-state index contributed by atoms with van der Waals surface area (Å²) in [5.74, 6) is 1.36. The lowest BCUT2D eigenvalue weighted by Gasteiger charge is -2.00. The van der Waals surface area contributed by atoms with Crippen molar-refractivity contribution in [2.24, 2.45) is 0 Å². The van der Waals surface area contributed by atoms with E-state index < -0.39 is 0 Å². The maximum absolute atomic E-state index is 8.72. The highest BCUT2D eigenvalue weighted by Gasteiger charge is 2.16. The van der Waals surface area contributed by atoms with Gasteiger partial charge < -0.3 is 4.42 Å². The Bertz CT molecular complexity index is 698. The fourth-order valence-corrected chi connectivity index (χ4v) is 2.21. The number of oxazole rings is 1. The molecule has 3 heteroatoms. The topological polar surface area (TPSA) is 49.8 Å². The fourth-order valence-electron chi connectivity index (χ4n) is 2.21. The van der Waals surface area contributed by atoms with Crippen LogP contribution in [0.1, 0.15) is 12.3 Å². The Morgan fingerprint density at radius 1 is 0.905 bits per heavy atom. The van der Waals surface area contributed by atoms with Gasteiger partial charge in [-0.15, -0.1) is 0 Å². The number of hydrogen-bond donors (Lipinski definition) is 0.